The fourth-order valence-electron chi connectivity index (χ4n) is 1.18. The minimum absolute atomic E-state index is 0.104. The molecule has 0 aromatic heterocycles. The lowest BCUT2D eigenvalue weighted by Gasteiger charge is -2.02. The van der Waals surface area contributed by atoms with E-state index in [1.807, 2.05) is 0 Å². The Hall–Kier alpha value is -0.570. The molecule has 0 aliphatic heterocycles. The highest BCUT2D eigenvalue weighted by atomic mass is 16.5. The van der Waals surface area contributed by atoms with Gasteiger partial charge in [-0.1, -0.05) is 19.8 Å². The van der Waals surface area contributed by atoms with E-state index in [9.17, 15) is 4.79 Å². The van der Waals surface area contributed by atoms with Gasteiger partial charge in [0, 0.05) is 19.6 Å². The van der Waals surface area contributed by atoms with Crippen molar-refractivity contribution in [3.63, 3.8) is 0 Å². The highest BCUT2D eigenvalue weighted by Gasteiger charge is 1.98. The minimum atomic E-state index is -0.104. The Morgan fingerprint density at radius 3 is 2.43 bits per heavy atom. The molecule has 0 spiro atoms. The molecule has 0 N–H and O–H groups in total. The van der Waals surface area contributed by atoms with Gasteiger partial charge in [-0.15, -0.1) is 0 Å². The van der Waals surface area contributed by atoms with Crippen LogP contribution in [0.3, 0.4) is 0 Å². The van der Waals surface area contributed by atoms with Gasteiger partial charge < -0.3 is 9.47 Å². The highest BCUT2D eigenvalue weighted by molar-refractivity contribution is 5.68. The van der Waals surface area contributed by atoms with E-state index in [1.54, 1.807) is 0 Å². The third-order valence-electron chi connectivity index (χ3n) is 2.00. The second kappa shape index (κ2) is 10.5. The summed E-state index contributed by atoms with van der Waals surface area (Å²) in [5.74, 6) is -0.104. The smallest absolute Gasteiger partial charge is 0.305 e. The number of carbonyl (C=O) groups is 1. The highest BCUT2D eigenvalue weighted by Crippen LogP contribution is 2.03. The first-order valence-electron chi connectivity index (χ1n) is 5.45. The SMILES string of the molecule is CCCOCCCCCCC(=O)OC. The number of unbranched alkanes of at least 4 members (excludes halogenated alkanes) is 3. The van der Waals surface area contributed by atoms with Gasteiger partial charge in [0.1, 0.15) is 0 Å². The van der Waals surface area contributed by atoms with E-state index in [0.717, 1.165) is 45.3 Å². The molecule has 0 aromatic rings. The summed E-state index contributed by atoms with van der Waals surface area (Å²) in [6, 6.07) is 0. The Balaban J connectivity index is 2.95. The van der Waals surface area contributed by atoms with Crippen molar-refractivity contribution in [2.75, 3.05) is 20.3 Å². The molecule has 3 nitrogen and oxygen atoms in total. The quantitative estimate of drug-likeness (QED) is 0.426. The molecule has 0 aliphatic rings. The van der Waals surface area contributed by atoms with E-state index in [0.29, 0.717) is 6.42 Å². The standard InChI is InChI=1S/C11H22O3/c1-3-9-14-10-7-5-4-6-8-11(12)13-2/h3-10H2,1-2H3. The summed E-state index contributed by atoms with van der Waals surface area (Å²) in [6.45, 7) is 3.82. The molecule has 14 heavy (non-hydrogen) atoms. The number of methoxy groups -OCH3 is 1. The Morgan fingerprint density at radius 1 is 1.07 bits per heavy atom. The van der Waals surface area contributed by atoms with Crippen LogP contribution in [0.5, 0.6) is 0 Å². The first kappa shape index (κ1) is 13.4. The summed E-state index contributed by atoms with van der Waals surface area (Å²) in [4.78, 5) is 10.7. The Bertz CT molecular complexity index is 134. The molecule has 0 aliphatic carbocycles. The Labute approximate surface area is 86.8 Å². The third-order valence-corrected chi connectivity index (χ3v) is 2.00. The summed E-state index contributed by atoms with van der Waals surface area (Å²) >= 11 is 0. The van der Waals surface area contributed by atoms with Crippen LogP contribution in [-0.2, 0) is 14.3 Å². The molecule has 0 unspecified atom stereocenters. The summed E-state index contributed by atoms with van der Waals surface area (Å²) in [6.07, 6.45) is 5.89. The molecular formula is C11H22O3. The molecule has 0 amide bonds. The summed E-state index contributed by atoms with van der Waals surface area (Å²) in [5.41, 5.74) is 0. The summed E-state index contributed by atoms with van der Waals surface area (Å²) < 4.78 is 9.89. The van der Waals surface area contributed by atoms with Crippen LogP contribution in [0.1, 0.15) is 45.4 Å². The van der Waals surface area contributed by atoms with E-state index in [2.05, 4.69) is 11.7 Å². The monoisotopic (exact) mass is 202 g/mol. The Kier molecular flexibility index (Phi) is 10.1. The number of ether oxygens (including phenoxy) is 2. The number of rotatable bonds is 9. The molecule has 0 fully saturated rings. The molecule has 0 aromatic carbocycles. The van der Waals surface area contributed by atoms with Gasteiger partial charge in [-0.2, -0.15) is 0 Å². The van der Waals surface area contributed by atoms with Crippen LogP contribution in [0.4, 0.5) is 0 Å². The van der Waals surface area contributed by atoms with E-state index >= 15 is 0 Å². The van der Waals surface area contributed by atoms with Gasteiger partial charge >= 0.3 is 5.97 Å². The molecule has 0 rings (SSSR count). The normalized spacial score (nSPS) is 10.1. The van der Waals surface area contributed by atoms with E-state index < -0.39 is 0 Å². The summed E-state index contributed by atoms with van der Waals surface area (Å²) in [5, 5.41) is 0. The van der Waals surface area contributed by atoms with Gasteiger partial charge in [0.05, 0.1) is 7.11 Å². The van der Waals surface area contributed by atoms with Crippen molar-refractivity contribution in [1.29, 1.82) is 0 Å². The zero-order valence-corrected chi connectivity index (χ0v) is 9.38. The van der Waals surface area contributed by atoms with Crippen molar-refractivity contribution in [3.8, 4) is 0 Å². The number of carbonyl (C=O) groups excluding carboxylic acids is 1. The predicted molar refractivity (Wildman–Crippen MR) is 56.2 cm³/mol. The van der Waals surface area contributed by atoms with Crippen LogP contribution >= 0.6 is 0 Å². The second-order valence-electron chi connectivity index (χ2n) is 3.35. The van der Waals surface area contributed by atoms with Gasteiger partial charge in [-0.3, -0.25) is 4.79 Å². The topological polar surface area (TPSA) is 35.5 Å². The zero-order valence-electron chi connectivity index (χ0n) is 9.38. The van der Waals surface area contributed by atoms with E-state index in [1.165, 1.54) is 7.11 Å². The van der Waals surface area contributed by atoms with Crippen molar-refractivity contribution in [3.05, 3.63) is 0 Å². The number of hydrogen-bond acceptors (Lipinski definition) is 3. The molecular weight excluding hydrogens is 180 g/mol. The van der Waals surface area contributed by atoms with Crippen LogP contribution in [0, 0.1) is 0 Å². The number of esters is 1. The van der Waals surface area contributed by atoms with Crippen LogP contribution in [0.25, 0.3) is 0 Å². The predicted octanol–water partition coefficient (Wildman–Crippen LogP) is 2.54. The van der Waals surface area contributed by atoms with Gasteiger partial charge in [-0.25, -0.2) is 0 Å². The van der Waals surface area contributed by atoms with Gasteiger partial charge in [0.25, 0.3) is 0 Å². The Morgan fingerprint density at radius 2 is 1.79 bits per heavy atom. The fourth-order valence-corrected chi connectivity index (χ4v) is 1.18. The first-order valence-corrected chi connectivity index (χ1v) is 5.45. The zero-order chi connectivity index (χ0) is 10.6. The lowest BCUT2D eigenvalue weighted by Crippen LogP contribution is -1.99. The van der Waals surface area contributed by atoms with Crippen LogP contribution in [0.2, 0.25) is 0 Å². The molecule has 0 radical (unpaired) electrons. The van der Waals surface area contributed by atoms with Crippen molar-refractivity contribution in [2.45, 2.75) is 45.4 Å². The second-order valence-corrected chi connectivity index (χ2v) is 3.35. The average molecular weight is 202 g/mol. The third kappa shape index (κ3) is 9.52. The maximum Gasteiger partial charge on any atom is 0.305 e. The van der Waals surface area contributed by atoms with Crippen molar-refractivity contribution < 1.29 is 14.3 Å². The molecule has 0 heterocycles. The van der Waals surface area contributed by atoms with E-state index in [4.69, 9.17) is 4.74 Å². The lowest BCUT2D eigenvalue weighted by atomic mass is 10.1. The van der Waals surface area contributed by atoms with Crippen molar-refractivity contribution in [2.24, 2.45) is 0 Å². The maximum absolute atomic E-state index is 10.7. The van der Waals surface area contributed by atoms with Crippen LogP contribution in [0.15, 0.2) is 0 Å². The van der Waals surface area contributed by atoms with Gasteiger partial charge in [0.15, 0.2) is 0 Å². The van der Waals surface area contributed by atoms with Crippen LogP contribution in [-0.4, -0.2) is 26.3 Å². The van der Waals surface area contributed by atoms with Crippen molar-refractivity contribution >= 4 is 5.97 Å². The molecule has 0 saturated carbocycles. The number of hydrogen-bond donors (Lipinski definition) is 0. The largest absolute Gasteiger partial charge is 0.469 e. The van der Waals surface area contributed by atoms with E-state index in [-0.39, 0.29) is 5.97 Å². The molecule has 3 heteroatoms. The molecule has 0 atom stereocenters. The van der Waals surface area contributed by atoms with Crippen molar-refractivity contribution in [1.82, 2.24) is 0 Å². The molecule has 0 saturated heterocycles. The van der Waals surface area contributed by atoms with Crippen LogP contribution < -0.4 is 0 Å². The molecule has 84 valence electrons. The minimum Gasteiger partial charge on any atom is -0.469 e. The summed E-state index contributed by atoms with van der Waals surface area (Å²) in [7, 11) is 1.43. The lowest BCUT2D eigenvalue weighted by molar-refractivity contribution is -0.140. The maximum atomic E-state index is 10.7. The van der Waals surface area contributed by atoms with Gasteiger partial charge in [0.2, 0.25) is 0 Å². The average Bonchev–Trinajstić information content (AvgIpc) is 2.21. The van der Waals surface area contributed by atoms with Gasteiger partial charge in [-0.05, 0) is 19.3 Å². The molecule has 0 bridgehead atoms. The fraction of sp³-hybridized carbons (Fsp3) is 0.909. The first-order chi connectivity index (χ1) is 6.81.